The quantitative estimate of drug-likeness (QED) is 0.695. The van der Waals surface area contributed by atoms with E-state index < -0.39 is 0 Å². The minimum atomic E-state index is -0.251. The van der Waals surface area contributed by atoms with Crippen LogP contribution in [0.15, 0.2) is 29.4 Å². The molecule has 0 fully saturated rings. The number of hydrogen-bond acceptors (Lipinski definition) is 5. The van der Waals surface area contributed by atoms with Gasteiger partial charge in [-0.15, -0.1) is 11.3 Å². The molecule has 2 aromatic rings. The molecule has 0 atom stereocenters. The molecule has 0 saturated carbocycles. The van der Waals surface area contributed by atoms with E-state index in [-0.39, 0.29) is 5.91 Å². The number of hydrogen-bond donors (Lipinski definition) is 1. The number of carbonyl (C=O) groups is 1. The molecule has 0 unspecified atom stereocenters. The van der Waals surface area contributed by atoms with Crippen LogP contribution in [0.4, 0.5) is 0 Å². The molecule has 0 bridgehead atoms. The minimum Gasteiger partial charge on any atom is -0.496 e. The maximum absolute atomic E-state index is 11.9. The number of hydrazone groups is 1. The third-order valence-corrected chi connectivity index (χ3v) is 3.69. The molecule has 6 heteroatoms. The molecule has 0 aliphatic rings. The van der Waals surface area contributed by atoms with E-state index in [1.165, 1.54) is 11.3 Å². The molecule has 1 heterocycles. The van der Waals surface area contributed by atoms with Crippen molar-refractivity contribution >= 4 is 23.5 Å². The number of nitrogens with zero attached hydrogens (tertiary/aromatic N) is 2. The number of carbonyl (C=O) groups excluding carboxylic acids is 1. The number of nitrogens with one attached hydrogen (secondary N) is 1. The molecule has 2 rings (SSSR count). The van der Waals surface area contributed by atoms with Crippen LogP contribution in [-0.2, 0) is 0 Å². The highest BCUT2D eigenvalue weighted by molar-refractivity contribution is 7.13. The molecule has 104 valence electrons. The molecule has 1 aromatic carbocycles. The maximum Gasteiger partial charge on any atom is 0.283 e. The Bertz CT molecular complexity index is 650. The number of rotatable bonds is 4. The Morgan fingerprint density at radius 1 is 1.40 bits per heavy atom. The van der Waals surface area contributed by atoms with E-state index in [9.17, 15) is 4.79 Å². The van der Waals surface area contributed by atoms with E-state index in [1.807, 2.05) is 38.1 Å². The summed E-state index contributed by atoms with van der Waals surface area (Å²) in [5.41, 5.74) is 4.02. The zero-order chi connectivity index (χ0) is 14.5. The lowest BCUT2D eigenvalue weighted by molar-refractivity contribution is 0.0958. The van der Waals surface area contributed by atoms with Crippen molar-refractivity contribution < 1.29 is 9.53 Å². The minimum absolute atomic E-state index is 0.251. The molecule has 0 spiro atoms. The van der Waals surface area contributed by atoms with Gasteiger partial charge in [-0.25, -0.2) is 10.4 Å². The number of benzene rings is 1. The van der Waals surface area contributed by atoms with Crippen LogP contribution >= 0.6 is 11.3 Å². The van der Waals surface area contributed by atoms with Crippen molar-refractivity contribution in [1.29, 1.82) is 0 Å². The van der Waals surface area contributed by atoms with Crippen LogP contribution in [0.1, 0.15) is 25.9 Å². The van der Waals surface area contributed by atoms with Gasteiger partial charge in [0.2, 0.25) is 0 Å². The predicted molar refractivity (Wildman–Crippen MR) is 79.6 cm³/mol. The summed E-state index contributed by atoms with van der Waals surface area (Å²) in [6.45, 7) is 3.68. The highest BCUT2D eigenvalue weighted by atomic mass is 32.1. The number of ether oxygens (including phenoxy) is 1. The molecule has 0 aliphatic heterocycles. The van der Waals surface area contributed by atoms with Crippen molar-refractivity contribution in [1.82, 2.24) is 10.4 Å². The number of thiazole rings is 1. The highest BCUT2D eigenvalue weighted by Crippen LogP contribution is 2.17. The Labute approximate surface area is 121 Å². The van der Waals surface area contributed by atoms with Gasteiger partial charge in [0.15, 0.2) is 0 Å². The summed E-state index contributed by atoms with van der Waals surface area (Å²) in [6, 6.07) is 7.44. The third-order valence-electron chi connectivity index (χ3n) is 2.62. The monoisotopic (exact) mass is 289 g/mol. The number of methoxy groups -OCH3 is 1. The average molecular weight is 289 g/mol. The van der Waals surface area contributed by atoms with E-state index in [0.717, 1.165) is 16.3 Å². The summed E-state index contributed by atoms with van der Waals surface area (Å²) in [6.07, 6.45) is 1.56. The lowest BCUT2D eigenvalue weighted by Crippen LogP contribution is -2.17. The molecule has 5 nitrogen and oxygen atoms in total. The first-order valence-corrected chi connectivity index (χ1v) is 6.84. The van der Waals surface area contributed by atoms with Crippen LogP contribution in [0.2, 0.25) is 0 Å². The second-order valence-corrected chi connectivity index (χ2v) is 5.29. The average Bonchev–Trinajstić information content (AvgIpc) is 2.78. The molecule has 0 saturated heterocycles. The molecular weight excluding hydrogens is 274 g/mol. The van der Waals surface area contributed by atoms with Crippen LogP contribution in [0.5, 0.6) is 5.75 Å². The predicted octanol–water partition coefficient (Wildman–Crippen LogP) is 2.53. The molecule has 20 heavy (non-hydrogen) atoms. The zero-order valence-electron chi connectivity index (χ0n) is 11.5. The lowest BCUT2D eigenvalue weighted by atomic mass is 10.2. The smallest absolute Gasteiger partial charge is 0.283 e. The lowest BCUT2D eigenvalue weighted by Gasteiger charge is -2.03. The van der Waals surface area contributed by atoms with Crippen LogP contribution in [0.25, 0.3) is 0 Å². The van der Waals surface area contributed by atoms with Gasteiger partial charge in [0.05, 0.1) is 24.0 Å². The first-order chi connectivity index (χ1) is 9.61. The third kappa shape index (κ3) is 3.21. The second kappa shape index (κ2) is 6.29. The first kappa shape index (κ1) is 14.2. The van der Waals surface area contributed by atoms with E-state index in [0.29, 0.717) is 10.6 Å². The van der Waals surface area contributed by atoms with Crippen LogP contribution in [0, 0.1) is 13.8 Å². The Hall–Kier alpha value is -2.21. The van der Waals surface area contributed by atoms with E-state index >= 15 is 0 Å². The van der Waals surface area contributed by atoms with Gasteiger partial charge >= 0.3 is 0 Å². The number of aromatic nitrogens is 1. The van der Waals surface area contributed by atoms with Gasteiger partial charge in [-0.05, 0) is 26.0 Å². The van der Waals surface area contributed by atoms with Gasteiger partial charge in [-0.2, -0.15) is 5.10 Å². The van der Waals surface area contributed by atoms with E-state index in [1.54, 1.807) is 13.3 Å². The Morgan fingerprint density at radius 2 is 2.15 bits per heavy atom. The Kier molecular flexibility index (Phi) is 4.47. The topological polar surface area (TPSA) is 63.6 Å². The molecule has 0 radical (unpaired) electrons. The van der Waals surface area contributed by atoms with Crippen molar-refractivity contribution in [3.8, 4) is 5.75 Å². The van der Waals surface area contributed by atoms with Gasteiger partial charge in [0, 0.05) is 5.56 Å². The van der Waals surface area contributed by atoms with Crippen molar-refractivity contribution in [3.05, 3.63) is 45.4 Å². The normalized spacial score (nSPS) is 10.8. The van der Waals surface area contributed by atoms with Gasteiger partial charge in [0.1, 0.15) is 10.6 Å². The summed E-state index contributed by atoms with van der Waals surface area (Å²) in [5, 5.41) is 4.81. The summed E-state index contributed by atoms with van der Waals surface area (Å²) < 4.78 is 5.20. The number of aryl methyl sites for hydroxylation is 2. The van der Waals surface area contributed by atoms with Crippen molar-refractivity contribution in [2.45, 2.75) is 13.8 Å². The summed E-state index contributed by atoms with van der Waals surface area (Å²) in [7, 11) is 1.59. The van der Waals surface area contributed by atoms with Crippen LogP contribution in [0.3, 0.4) is 0 Å². The maximum atomic E-state index is 11.9. The standard InChI is InChI=1S/C14H15N3O2S/c1-9-13(20-10(2)16-9)14(18)17-15-8-11-6-4-5-7-12(11)19-3/h4-8H,1-3H3,(H,17,18)/b15-8-. The van der Waals surface area contributed by atoms with Crippen molar-refractivity contribution in [3.63, 3.8) is 0 Å². The molecular formula is C14H15N3O2S. The zero-order valence-corrected chi connectivity index (χ0v) is 12.3. The van der Waals surface area contributed by atoms with Gasteiger partial charge in [-0.1, -0.05) is 12.1 Å². The van der Waals surface area contributed by atoms with Crippen LogP contribution in [-0.4, -0.2) is 24.2 Å². The fourth-order valence-electron chi connectivity index (χ4n) is 1.73. The van der Waals surface area contributed by atoms with Crippen molar-refractivity contribution in [2.75, 3.05) is 7.11 Å². The van der Waals surface area contributed by atoms with Crippen molar-refractivity contribution in [2.24, 2.45) is 5.10 Å². The van der Waals surface area contributed by atoms with E-state index in [2.05, 4.69) is 15.5 Å². The van der Waals surface area contributed by atoms with Gasteiger partial charge in [-0.3, -0.25) is 4.79 Å². The molecule has 1 N–H and O–H groups in total. The fraction of sp³-hybridized carbons (Fsp3) is 0.214. The fourth-order valence-corrected chi connectivity index (χ4v) is 2.54. The number of para-hydroxylation sites is 1. The molecule has 1 aromatic heterocycles. The summed E-state index contributed by atoms with van der Waals surface area (Å²) in [4.78, 5) is 16.7. The highest BCUT2D eigenvalue weighted by Gasteiger charge is 2.12. The SMILES string of the molecule is COc1ccccc1/C=N\NC(=O)c1sc(C)nc1C. The first-order valence-electron chi connectivity index (χ1n) is 6.02. The summed E-state index contributed by atoms with van der Waals surface area (Å²) >= 11 is 1.35. The molecule has 1 amide bonds. The van der Waals surface area contributed by atoms with Gasteiger partial charge in [0.25, 0.3) is 5.91 Å². The number of amides is 1. The largest absolute Gasteiger partial charge is 0.496 e. The Morgan fingerprint density at radius 3 is 2.80 bits per heavy atom. The van der Waals surface area contributed by atoms with Crippen LogP contribution < -0.4 is 10.2 Å². The Balaban J connectivity index is 2.06. The second-order valence-electron chi connectivity index (χ2n) is 4.09. The van der Waals surface area contributed by atoms with E-state index in [4.69, 9.17) is 4.74 Å². The van der Waals surface area contributed by atoms with Gasteiger partial charge < -0.3 is 4.74 Å². The molecule has 0 aliphatic carbocycles. The summed E-state index contributed by atoms with van der Waals surface area (Å²) in [5.74, 6) is 0.453.